The zero-order chi connectivity index (χ0) is 17.4. The van der Waals surface area contributed by atoms with E-state index in [1.807, 2.05) is 19.1 Å². The van der Waals surface area contributed by atoms with Crippen LogP contribution in [-0.2, 0) is 4.74 Å². The molecule has 1 N–H and O–H groups in total. The highest BCUT2D eigenvalue weighted by atomic mass is 16.5. The molecule has 0 aliphatic carbocycles. The van der Waals surface area contributed by atoms with Crippen LogP contribution in [-0.4, -0.2) is 18.2 Å². The largest absolute Gasteiger partial charge is 0.490 e. The molecule has 0 rings (SSSR count). The Morgan fingerprint density at radius 2 is 1.77 bits per heavy atom. The maximum Gasteiger partial charge on any atom is 0.115 e. The fourth-order valence-corrected chi connectivity index (χ4v) is 1.84. The van der Waals surface area contributed by atoms with Crippen molar-refractivity contribution in [2.75, 3.05) is 6.54 Å². The molecular formula is C20H37NO. The molecule has 0 fully saturated rings. The molecule has 2 nitrogen and oxygen atoms in total. The molecule has 1 atom stereocenters. The molecule has 0 saturated heterocycles. The second-order valence-electron chi connectivity index (χ2n) is 8.23. The van der Waals surface area contributed by atoms with E-state index in [-0.39, 0.29) is 11.6 Å². The third-order valence-corrected chi connectivity index (χ3v) is 3.30. The zero-order valence-electron chi connectivity index (χ0n) is 16.0. The number of hydrogen-bond acceptors (Lipinski definition) is 2. The van der Waals surface area contributed by atoms with Crippen molar-refractivity contribution in [2.45, 2.75) is 79.9 Å². The van der Waals surface area contributed by atoms with Crippen LogP contribution in [0.4, 0.5) is 0 Å². The van der Waals surface area contributed by atoms with Gasteiger partial charge in [0.25, 0.3) is 0 Å². The topological polar surface area (TPSA) is 21.3 Å². The van der Waals surface area contributed by atoms with Crippen molar-refractivity contribution in [1.82, 2.24) is 5.32 Å². The van der Waals surface area contributed by atoms with Gasteiger partial charge >= 0.3 is 0 Å². The van der Waals surface area contributed by atoms with E-state index in [4.69, 9.17) is 4.74 Å². The Balaban J connectivity index is 4.61. The highest BCUT2D eigenvalue weighted by molar-refractivity contribution is 5.26. The SMILES string of the molecule is C=C/C(=C\C(=C/C)O[C@@H](C)CNC(C)(C)C)CCC(C)(C)C. The standard InChI is InChI=1S/C20H37NO/c1-10-17(12-13-19(4,5)6)14-18(11-2)22-16(3)15-21-20(7,8)9/h10-11,14,16,21H,1,12-13,15H2,2-9H3/b17-14+,18-11+/t16-/m0/s1. The lowest BCUT2D eigenvalue weighted by molar-refractivity contribution is 0.131. The van der Waals surface area contributed by atoms with E-state index in [0.29, 0.717) is 5.41 Å². The fraction of sp³-hybridized carbons (Fsp3) is 0.700. The zero-order valence-corrected chi connectivity index (χ0v) is 16.0. The maximum absolute atomic E-state index is 6.03. The van der Waals surface area contributed by atoms with Crippen LogP contribution >= 0.6 is 0 Å². The molecule has 0 bridgehead atoms. The molecule has 0 amide bonds. The molecule has 0 aliphatic heterocycles. The molecule has 0 aromatic heterocycles. The fourth-order valence-electron chi connectivity index (χ4n) is 1.84. The number of hydrogen-bond donors (Lipinski definition) is 1. The first-order valence-electron chi connectivity index (χ1n) is 8.38. The normalized spacial score (nSPS) is 15.6. The summed E-state index contributed by atoms with van der Waals surface area (Å²) in [6, 6.07) is 0. The van der Waals surface area contributed by atoms with Gasteiger partial charge in [-0.2, -0.15) is 0 Å². The van der Waals surface area contributed by atoms with Gasteiger partial charge in [-0.15, -0.1) is 0 Å². The summed E-state index contributed by atoms with van der Waals surface area (Å²) in [6.45, 7) is 22.2. The van der Waals surface area contributed by atoms with Gasteiger partial charge in [0.2, 0.25) is 0 Å². The summed E-state index contributed by atoms with van der Waals surface area (Å²) in [5, 5.41) is 3.47. The number of allylic oxidation sites excluding steroid dienone is 4. The van der Waals surface area contributed by atoms with Gasteiger partial charge in [-0.3, -0.25) is 0 Å². The van der Waals surface area contributed by atoms with Crippen LogP contribution in [0.5, 0.6) is 0 Å². The van der Waals surface area contributed by atoms with Crippen LogP contribution in [0, 0.1) is 5.41 Å². The van der Waals surface area contributed by atoms with Crippen LogP contribution < -0.4 is 5.32 Å². The van der Waals surface area contributed by atoms with E-state index < -0.39 is 0 Å². The van der Waals surface area contributed by atoms with Crippen molar-refractivity contribution in [3.8, 4) is 0 Å². The molecule has 0 saturated carbocycles. The quantitative estimate of drug-likeness (QED) is 0.464. The summed E-state index contributed by atoms with van der Waals surface area (Å²) in [4.78, 5) is 0. The van der Waals surface area contributed by atoms with E-state index in [1.54, 1.807) is 0 Å². The maximum atomic E-state index is 6.03. The van der Waals surface area contributed by atoms with E-state index >= 15 is 0 Å². The number of rotatable bonds is 8. The van der Waals surface area contributed by atoms with Crippen LogP contribution in [0.2, 0.25) is 0 Å². The highest BCUT2D eigenvalue weighted by Crippen LogP contribution is 2.24. The Kier molecular flexibility index (Phi) is 8.77. The van der Waals surface area contributed by atoms with Crippen molar-refractivity contribution in [3.05, 3.63) is 36.1 Å². The molecule has 0 aromatic carbocycles. The van der Waals surface area contributed by atoms with Gasteiger partial charge in [0.1, 0.15) is 11.9 Å². The summed E-state index contributed by atoms with van der Waals surface area (Å²) in [5.74, 6) is 0.923. The second-order valence-corrected chi connectivity index (χ2v) is 8.23. The van der Waals surface area contributed by atoms with Gasteiger partial charge in [0.15, 0.2) is 0 Å². The van der Waals surface area contributed by atoms with Crippen LogP contribution in [0.1, 0.15) is 68.2 Å². The molecule has 0 heterocycles. The monoisotopic (exact) mass is 307 g/mol. The van der Waals surface area contributed by atoms with Gasteiger partial charge in [0, 0.05) is 12.1 Å². The highest BCUT2D eigenvalue weighted by Gasteiger charge is 2.13. The first kappa shape index (κ1) is 21.0. The molecule has 128 valence electrons. The summed E-state index contributed by atoms with van der Waals surface area (Å²) in [7, 11) is 0. The van der Waals surface area contributed by atoms with Crippen LogP contribution in [0.25, 0.3) is 0 Å². The van der Waals surface area contributed by atoms with Crippen molar-refractivity contribution < 1.29 is 4.74 Å². The molecule has 22 heavy (non-hydrogen) atoms. The van der Waals surface area contributed by atoms with E-state index in [1.165, 1.54) is 5.57 Å². The predicted molar refractivity (Wildman–Crippen MR) is 99.0 cm³/mol. The summed E-state index contributed by atoms with van der Waals surface area (Å²) in [5.41, 5.74) is 1.69. The minimum Gasteiger partial charge on any atom is -0.490 e. The van der Waals surface area contributed by atoms with Gasteiger partial charge < -0.3 is 10.1 Å². The smallest absolute Gasteiger partial charge is 0.115 e. The second kappa shape index (κ2) is 9.19. The van der Waals surface area contributed by atoms with E-state index in [0.717, 1.165) is 25.1 Å². The minimum absolute atomic E-state index is 0.114. The summed E-state index contributed by atoms with van der Waals surface area (Å²) >= 11 is 0. The minimum atomic E-state index is 0.114. The van der Waals surface area contributed by atoms with Crippen molar-refractivity contribution in [1.29, 1.82) is 0 Å². The first-order valence-corrected chi connectivity index (χ1v) is 8.38. The summed E-state index contributed by atoms with van der Waals surface area (Å²) < 4.78 is 6.03. The molecule has 2 heteroatoms. The average molecular weight is 308 g/mol. The summed E-state index contributed by atoms with van der Waals surface area (Å²) in [6.07, 6.45) is 8.39. The lowest BCUT2D eigenvalue weighted by Gasteiger charge is -2.24. The Morgan fingerprint density at radius 3 is 2.18 bits per heavy atom. The Labute approximate surface area is 138 Å². The molecular weight excluding hydrogens is 270 g/mol. The first-order chi connectivity index (χ1) is 9.96. The van der Waals surface area contributed by atoms with Gasteiger partial charge in [-0.1, -0.05) is 33.4 Å². The third kappa shape index (κ3) is 11.6. The lowest BCUT2D eigenvalue weighted by Crippen LogP contribution is -2.40. The van der Waals surface area contributed by atoms with Crippen LogP contribution in [0.15, 0.2) is 36.1 Å². The van der Waals surface area contributed by atoms with Crippen LogP contribution in [0.3, 0.4) is 0 Å². The Hall–Kier alpha value is -1.02. The van der Waals surface area contributed by atoms with Gasteiger partial charge in [0.05, 0.1) is 0 Å². The van der Waals surface area contributed by atoms with E-state index in [9.17, 15) is 0 Å². The molecule has 0 aliphatic rings. The van der Waals surface area contributed by atoms with E-state index in [2.05, 4.69) is 66.4 Å². The molecule has 0 aromatic rings. The molecule has 0 unspecified atom stereocenters. The Bertz CT molecular complexity index is 391. The number of ether oxygens (including phenoxy) is 1. The number of nitrogens with one attached hydrogen (secondary N) is 1. The third-order valence-electron chi connectivity index (χ3n) is 3.30. The Morgan fingerprint density at radius 1 is 1.18 bits per heavy atom. The lowest BCUT2D eigenvalue weighted by atomic mass is 9.88. The molecule has 0 spiro atoms. The van der Waals surface area contributed by atoms with Crippen molar-refractivity contribution in [3.63, 3.8) is 0 Å². The average Bonchev–Trinajstić information content (AvgIpc) is 2.38. The van der Waals surface area contributed by atoms with Gasteiger partial charge in [-0.25, -0.2) is 0 Å². The van der Waals surface area contributed by atoms with Crippen molar-refractivity contribution in [2.24, 2.45) is 5.41 Å². The van der Waals surface area contributed by atoms with Gasteiger partial charge in [-0.05, 0) is 70.6 Å². The molecule has 0 radical (unpaired) electrons. The van der Waals surface area contributed by atoms with Crippen molar-refractivity contribution >= 4 is 0 Å². The predicted octanol–water partition coefficient (Wildman–Crippen LogP) is 5.62.